The van der Waals surface area contributed by atoms with Crippen LogP contribution in [-0.4, -0.2) is 22.7 Å². The number of hydrogen-bond donors (Lipinski definition) is 3. The summed E-state index contributed by atoms with van der Waals surface area (Å²) in [7, 11) is 0. The predicted molar refractivity (Wildman–Crippen MR) is 93.3 cm³/mol. The van der Waals surface area contributed by atoms with Gasteiger partial charge in [0, 0.05) is 12.1 Å². The molecule has 0 radical (unpaired) electrons. The molecule has 0 bridgehead atoms. The smallest absolute Gasteiger partial charge is 0.407 e. The molecule has 0 spiro atoms. The summed E-state index contributed by atoms with van der Waals surface area (Å²) in [6.07, 6.45) is 1.01. The highest BCUT2D eigenvalue weighted by molar-refractivity contribution is 5.79. The van der Waals surface area contributed by atoms with Crippen LogP contribution < -0.4 is 11.0 Å². The van der Waals surface area contributed by atoms with E-state index in [0.717, 1.165) is 0 Å². The molecule has 2 aromatic carbocycles. The minimum absolute atomic E-state index is 0.0326. The van der Waals surface area contributed by atoms with E-state index in [4.69, 9.17) is 4.74 Å². The van der Waals surface area contributed by atoms with Crippen molar-refractivity contribution in [2.45, 2.75) is 12.5 Å². The predicted octanol–water partition coefficient (Wildman–Crippen LogP) is 2.74. The maximum atomic E-state index is 12.0. The summed E-state index contributed by atoms with van der Waals surface area (Å²) in [5.41, 5.74) is 5.02. The summed E-state index contributed by atoms with van der Waals surface area (Å²) in [4.78, 5) is 28.0. The van der Waals surface area contributed by atoms with Crippen molar-refractivity contribution in [2.24, 2.45) is 0 Å². The van der Waals surface area contributed by atoms with E-state index < -0.39 is 6.09 Å². The topological polar surface area (TPSA) is 87.0 Å². The van der Waals surface area contributed by atoms with Crippen LogP contribution in [0, 0.1) is 0 Å². The van der Waals surface area contributed by atoms with E-state index in [0.29, 0.717) is 5.69 Å². The van der Waals surface area contributed by atoms with Crippen LogP contribution in [0.15, 0.2) is 59.5 Å². The average Bonchev–Trinajstić information content (AvgIpc) is 3.19. The second kappa shape index (κ2) is 6.32. The first-order valence-corrected chi connectivity index (χ1v) is 8.08. The number of imidazole rings is 1. The van der Waals surface area contributed by atoms with Crippen LogP contribution >= 0.6 is 0 Å². The zero-order valence-corrected chi connectivity index (χ0v) is 13.4. The number of alkyl carbamates (subject to hydrolysis) is 1. The number of nitrogens with one attached hydrogen (secondary N) is 3. The van der Waals surface area contributed by atoms with Crippen molar-refractivity contribution in [3.63, 3.8) is 0 Å². The Balaban J connectivity index is 1.44. The number of carbonyl (C=O) groups is 1. The molecule has 1 aromatic heterocycles. The van der Waals surface area contributed by atoms with E-state index in [9.17, 15) is 9.59 Å². The van der Waals surface area contributed by atoms with Crippen molar-refractivity contribution in [1.82, 2.24) is 15.3 Å². The van der Waals surface area contributed by atoms with E-state index in [2.05, 4.69) is 39.6 Å². The number of aromatic amines is 2. The van der Waals surface area contributed by atoms with Crippen LogP contribution in [0.5, 0.6) is 0 Å². The van der Waals surface area contributed by atoms with Crippen molar-refractivity contribution >= 4 is 6.09 Å². The van der Waals surface area contributed by atoms with E-state index in [1.807, 2.05) is 24.3 Å². The van der Waals surface area contributed by atoms with Crippen molar-refractivity contribution < 1.29 is 9.53 Å². The SMILES string of the molecule is O=C(NCc1c[nH]c(=O)[nH]1)OCC1c2ccccc2-c2ccccc21. The van der Waals surface area contributed by atoms with Gasteiger partial charge in [-0.05, 0) is 22.3 Å². The highest BCUT2D eigenvalue weighted by atomic mass is 16.5. The van der Waals surface area contributed by atoms with Gasteiger partial charge in [0.15, 0.2) is 0 Å². The number of benzene rings is 2. The first kappa shape index (κ1) is 15.3. The Morgan fingerprint density at radius 1 is 1.04 bits per heavy atom. The lowest BCUT2D eigenvalue weighted by molar-refractivity contribution is 0.142. The van der Waals surface area contributed by atoms with Gasteiger partial charge in [0.05, 0.1) is 12.2 Å². The summed E-state index contributed by atoms with van der Waals surface area (Å²) in [6.45, 7) is 0.471. The Hall–Kier alpha value is -3.28. The van der Waals surface area contributed by atoms with E-state index in [1.165, 1.54) is 28.5 Å². The molecular formula is C19H17N3O3. The van der Waals surface area contributed by atoms with E-state index in [1.54, 1.807) is 0 Å². The summed E-state index contributed by atoms with van der Waals surface area (Å²) >= 11 is 0. The molecular weight excluding hydrogens is 318 g/mol. The van der Waals surface area contributed by atoms with Gasteiger partial charge in [-0.25, -0.2) is 9.59 Å². The largest absolute Gasteiger partial charge is 0.449 e. The molecule has 0 unspecified atom stereocenters. The molecule has 0 aliphatic heterocycles. The Bertz CT molecular complexity index is 928. The zero-order valence-electron chi connectivity index (χ0n) is 13.4. The Morgan fingerprint density at radius 3 is 2.28 bits per heavy atom. The third kappa shape index (κ3) is 2.94. The standard InChI is InChI=1S/C19H17N3O3/c23-18-20-9-12(22-18)10-21-19(24)25-11-17-15-7-3-1-5-13(15)14-6-2-4-8-16(14)17/h1-9,17H,10-11H2,(H,21,24)(H2,20,22,23). The van der Waals surface area contributed by atoms with Gasteiger partial charge >= 0.3 is 11.8 Å². The van der Waals surface area contributed by atoms with Crippen molar-refractivity contribution in [2.75, 3.05) is 6.61 Å². The molecule has 0 saturated heterocycles. The van der Waals surface area contributed by atoms with Gasteiger partial charge in [-0.1, -0.05) is 48.5 Å². The maximum Gasteiger partial charge on any atom is 0.407 e. The summed E-state index contributed by atoms with van der Waals surface area (Å²) in [5, 5.41) is 2.63. The van der Waals surface area contributed by atoms with Crippen LogP contribution in [0.2, 0.25) is 0 Å². The van der Waals surface area contributed by atoms with Crippen LogP contribution in [0.4, 0.5) is 4.79 Å². The zero-order chi connectivity index (χ0) is 17.2. The number of fused-ring (bicyclic) bond motifs is 3. The molecule has 1 aliphatic rings. The normalized spacial score (nSPS) is 12.5. The number of H-pyrrole nitrogens is 2. The number of rotatable bonds is 4. The second-order valence-electron chi connectivity index (χ2n) is 5.95. The van der Waals surface area contributed by atoms with Crippen LogP contribution in [0.25, 0.3) is 11.1 Å². The molecule has 3 N–H and O–H groups in total. The second-order valence-corrected chi connectivity index (χ2v) is 5.95. The molecule has 6 nitrogen and oxygen atoms in total. The third-order valence-corrected chi connectivity index (χ3v) is 4.42. The lowest BCUT2D eigenvalue weighted by Crippen LogP contribution is -2.26. The first-order chi connectivity index (χ1) is 12.2. The van der Waals surface area contributed by atoms with Crippen LogP contribution in [0.1, 0.15) is 22.7 Å². The number of aromatic nitrogens is 2. The van der Waals surface area contributed by atoms with Gasteiger partial charge in [-0.15, -0.1) is 0 Å². The Labute approximate surface area is 143 Å². The fourth-order valence-electron chi connectivity index (χ4n) is 3.28. The Kier molecular flexibility index (Phi) is 3.85. The van der Waals surface area contributed by atoms with Gasteiger partial charge in [0.2, 0.25) is 0 Å². The monoisotopic (exact) mass is 335 g/mol. The molecule has 126 valence electrons. The minimum atomic E-state index is -0.510. The summed E-state index contributed by atoms with van der Waals surface area (Å²) in [6, 6.07) is 16.4. The van der Waals surface area contributed by atoms with Crippen LogP contribution in [0.3, 0.4) is 0 Å². The molecule has 0 saturated carbocycles. The molecule has 1 heterocycles. The van der Waals surface area contributed by atoms with E-state index in [-0.39, 0.29) is 24.8 Å². The van der Waals surface area contributed by atoms with Gasteiger partial charge in [0.1, 0.15) is 6.61 Å². The fraction of sp³-hybridized carbons (Fsp3) is 0.158. The molecule has 3 aromatic rings. The fourth-order valence-corrected chi connectivity index (χ4v) is 3.28. The molecule has 6 heteroatoms. The molecule has 0 fully saturated rings. The Morgan fingerprint density at radius 2 is 1.68 bits per heavy atom. The van der Waals surface area contributed by atoms with Gasteiger partial charge in [-0.2, -0.15) is 0 Å². The number of carbonyl (C=O) groups excluding carboxylic acids is 1. The maximum absolute atomic E-state index is 12.0. The number of hydrogen-bond acceptors (Lipinski definition) is 3. The lowest BCUT2D eigenvalue weighted by atomic mass is 9.98. The van der Waals surface area contributed by atoms with Gasteiger partial charge in [0.25, 0.3) is 0 Å². The number of amides is 1. The third-order valence-electron chi connectivity index (χ3n) is 4.42. The van der Waals surface area contributed by atoms with Crippen LogP contribution in [-0.2, 0) is 11.3 Å². The van der Waals surface area contributed by atoms with Crippen molar-refractivity contribution in [3.05, 3.63) is 82.0 Å². The average molecular weight is 335 g/mol. The summed E-state index contributed by atoms with van der Waals surface area (Å²) in [5.74, 6) is 0.0326. The van der Waals surface area contributed by atoms with Crippen molar-refractivity contribution in [3.8, 4) is 11.1 Å². The molecule has 1 amide bonds. The highest BCUT2D eigenvalue weighted by Gasteiger charge is 2.28. The summed E-state index contributed by atoms with van der Waals surface area (Å²) < 4.78 is 5.42. The lowest BCUT2D eigenvalue weighted by Gasteiger charge is -2.14. The van der Waals surface area contributed by atoms with Gasteiger partial charge in [-0.3, -0.25) is 0 Å². The molecule has 1 aliphatic carbocycles. The first-order valence-electron chi connectivity index (χ1n) is 8.08. The highest BCUT2D eigenvalue weighted by Crippen LogP contribution is 2.44. The molecule has 4 rings (SSSR count). The molecule has 25 heavy (non-hydrogen) atoms. The molecule has 0 atom stereocenters. The quantitative estimate of drug-likeness (QED) is 0.685. The van der Waals surface area contributed by atoms with E-state index >= 15 is 0 Å². The van der Waals surface area contributed by atoms with Crippen molar-refractivity contribution in [1.29, 1.82) is 0 Å². The minimum Gasteiger partial charge on any atom is -0.449 e. The van der Waals surface area contributed by atoms with Gasteiger partial charge < -0.3 is 20.0 Å². The number of ether oxygens (including phenoxy) is 1.